The van der Waals surface area contributed by atoms with Crippen LogP contribution in [0.5, 0.6) is 23.0 Å². The number of hydrogen-bond acceptors (Lipinski definition) is 6. The van der Waals surface area contributed by atoms with Crippen LogP contribution in [0.4, 0.5) is 0 Å². The Kier molecular flexibility index (Phi) is 15.6. The molecule has 0 aliphatic carbocycles. The largest absolute Gasteiger partial charge is 0.497 e. The number of hydrogen-bond donors (Lipinski definition) is 1. The van der Waals surface area contributed by atoms with Gasteiger partial charge in [0.15, 0.2) is 0 Å². The van der Waals surface area contributed by atoms with E-state index >= 15 is 0 Å². The number of aliphatic hydroxyl groups excluding tert-OH is 1. The summed E-state index contributed by atoms with van der Waals surface area (Å²) in [6, 6.07) is 30.5. The van der Waals surface area contributed by atoms with Crippen molar-refractivity contribution >= 4 is 12.0 Å². The van der Waals surface area contributed by atoms with Crippen LogP contribution in [0, 0.1) is 0 Å². The van der Waals surface area contributed by atoms with Gasteiger partial charge in [0.25, 0.3) is 0 Å². The first-order valence-corrected chi connectivity index (χ1v) is 17.3. The molecule has 0 saturated heterocycles. The quantitative estimate of drug-likeness (QED) is 0.0550. The highest BCUT2D eigenvalue weighted by Gasteiger charge is 2.15. The van der Waals surface area contributed by atoms with Crippen LogP contribution in [-0.4, -0.2) is 18.2 Å². The zero-order valence-corrected chi connectivity index (χ0v) is 28.4. The molecule has 1 unspecified atom stereocenters. The molecule has 4 aromatic rings. The molecule has 4 rings (SSSR count). The third kappa shape index (κ3) is 12.6. The minimum absolute atomic E-state index is 0.278. The molecular weight excluding hydrogens is 600 g/mol. The Balaban J connectivity index is 1.43. The zero-order chi connectivity index (χ0) is 33.8. The summed E-state index contributed by atoms with van der Waals surface area (Å²) in [6.45, 7) is 2.97. The van der Waals surface area contributed by atoms with E-state index in [1.807, 2.05) is 72.8 Å². The SMILES string of the molecule is CCCCCCCCCCCC(=O)Oc1cc(OCc2ccccc2)ccc1C=CC(O)c1ccc(OC)cc1OCc1ccccc1. The fourth-order valence-corrected chi connectivity index (χ4v) is 5.37. The minimum atomic E-state index is -0.985. The Morgan fingerprint density at radius 2 is 1.27 bits per heavy atom. The van der Waals surface area contributed by atoms with Crippen molar-refractivity contribution in [2.45, 2.75) is 90.4 Å². The minimum Gasteiger partial charge on any atom is -0.497 e. The van der Waals surface area contributed by atoms with Gasteiger partial charge in [0.1, 0.15) is 42.3 Å². The van der Waals surface area contributed by atoms with E-state index in [9.17, 15) is 9.90 Å². The van der Waals surface area contributed by atoms with E-state index in [1.54, 1.807) is 43.5 Å². The van der Waals surface area contributed by atoms with Crippen molar-refractivity contribution < 1.29 is 28.8 Å². The summed E-state index contributed by atoms with van der Waals surface area (Å²) in [5, 5.41) is 11.3. The van der Waals surface area contributed by atoms with Gasteiger partial charge in [-0.1, -0.05) is 131 Å². The molecule has 0 bridgehead atoms. The lowest BCUT2D eigenvalue weighted by molar-refractivity contribution is -0.134. The molecule has 6 heteroatoms. The highest BCUT2D eigenvalue weighted by atomic mass is 16.5. The summed E-state index contributed by atoms with van der Waals surface area (Å²) < 4.78 is 23.5. The van der Waals surface area contributed by atoms with Gasteiger partial charge < -0.3 is 24.1 Å². The molecular formula is C42H50O6. The first kappa shape index (κ1) is 36.3. The first-order chi connectivity index (χ1) is 23.6. The van der Waals surface area contributed by atoms with Gasteiger partial charge in [0, 0.05) is 29.7 Å². The Labute approximate surface area is 286 Å². The monoisotopic (exact) mass is 650 g/mol. The van der Waals surface area contributed by atoms with E-state index in [2.05, 4.69) is 6.92 Å². The Morgan fingerprint density at radius 1 is 0.688 bits per heavy atom. The fraction of sp³-hybridized carbons (Fsp3) is 0.357. The van der Waals surface area contributed by atoms with Gasteiger partial charge in [-0.3, -0.25) is 4.79 Å². The van der Waals surface area contributed by atoms with Crippen LogP contribution in [0.25, 0.3) is 6.08 Å². The summed E-state index contributed by atoms with van der Waals surface area (Å²) in [5.74, 6) is 1.85. The smallest absolute Gasteiger partial charge is 0.311 e. The zero-order valence-electron chi connectivity index (χ0n) is 28.4. The summed E-state index contributed by atoms with van der Waals surface area (Å²) in [5.41, 5.74) is 3.30. The van der Waals surface area contributed by atoms with Crippen molar-refractivity contribution in [1.82, 2.24) is 0 Å². The lowest BCUT2D eigenvalue weighted by Crippen LogP contribution is -2.09. The van der Waals surface area contributed by atoms with Crippen LogP contribution in [-0.2, 0) is 18.0 Å². The van der Waals surface area contributed by atoms with Gasteiger partial charge in [-0.15, -0.1) is 0 Å². The van der Waals surface area contributed by atoms with Crippen LogP contribution in [0.3, 0.4) is 0 Å². The average Bonchev–Trinajstić information content (AvgIpc) is 3.12. The molecule has 0 aromatic heterocycles. The van der Waals surface area contributed by atoms with Gasteiger partial charge >= 0.3 is 5.97 Å². The van der Waals surface area contributed by atoms with Gasteiger partial charge in [-0.05, 0) is 41.8 Å². The van der Waals surface area contributed by atoms with Crippen molar-refractivity contribution in [3.05, 3.63) is 125 Å². The second-order valence-electron chi connectivity index (χ2n) is 12.0. The molecule has 0 spiro atoms. The molecule has 0 heterocycles. The van der Waals surface area contributed by atoms with Gasteiger partial charge in [0.2, 0.25) is 0 Å². The highest BCUT2D eigenvalue weighted by Crippen LogP contribution is 2.33. The number of ether oxygens (including phenoxy) is 4. The second-order valence-corrected chi connectivity index (χ2v) is 12.0. The van der Waals surface area contributed by atoms with Crippen molar-refractivity contribution in [1.29, 1.82) is 0 Å². The van der Waals surface area contributed by atoms with E-state index in [4.69, 9.17) is 18.9 Å². The molecule has 1 N–H and O–H groups in total. The van der Waals surface area contributed by atoms with Crippen LogP contribution >= 0.6 is 0 Å². The lowest BCUT2D eigenvalue weighted by atomic mass is 10.1. The van der Waals surface area contributed by atoms with Gasteiger partial charge in [-0.2, -0.15) is 0 Å². The van der Waals surface area contributed by atoms with E-state index in [-0.39, 0.29) is 5.97 Å². The topological polar surface area (TPSA) is 74.2 Å². The molecule has 0 amide bonds. The summed E-state index contributed by atoms with van der Waals surface area (Å²) >= 11 is 0. The highest BCUT2D eigenvalue weighted by molar-refractivity contribution is 5.74. The number of rotatable bonds is 21. The molecule has 48 heavy (non-hydrogen) atoms. The van der Waals surface area contributed by atoms with Crippen LogP contribution in [0.15, 0.2) is 103 Å². The van der Waals surface area contributed by atoms with E-state index in [1.165, 1.54) is 38.5 Å². The van der Waals surface area contributed by atoms with Gasteiger partial charge in [0.05, 0.1) is 7.11 Å². The molecule has 0 saturated carbocycles. The maximum atomic E-state index is 13.0. The van der Waals surface area contributed by atoms with Crippen molar-refractivity contribution in [2.75, 3.05) is 7.11 Å². The number of benzene rings is 4. The maximum absolute atomic E-state index is 13.0. The number of carbonyl (C=O) groups is 1. The predicted molar refractivity (Wildman–Crippen MR) is 192 cm³/mol. The van der Waals surface area contributed by atoms with Crippen molar-refractivity contribution in [3.63, 3.8) is 0 Å². The molecule has 0 aliphatic rings. The molecule has 0 fully saturated rings. The third-order valence-electron chi connectivity index (χ3n) is 8.18. The summed E-state index contributed by atoms with van der Waals surface area (Å²) in [4.78, 5) is 13.0. The maximum Gasteiger partial charge on any atom is 0.311 e. The van der Waals surface area contributed by atoms with E-state index < -0.39 is 6.10 Å². The number of aliphatic hydroxyl groups is 1. The summed E-state index contributed by atoms with van der Waals surface area (Å²) in [7, 11) is 1.60. The molecule has 6 nitrogen and oxygen atoms in total. The van der Waals surface area contributed by atoms with Gasteiger partial charge in [-0.25, -0.2) is 0 Å². The van der Waals surface area contributed by atoms with Crippen molar-refractivity contribution in [3.8, 4) is 23.0 Å². The Hall–Kier alpha value is -4.55. The lowest BCUT2D eigenvalue weighted by Gasteiger charge is -2.16. The normalized spacial score (nSPS) is 11.7. The molecule has 1 atom stereocenters. The molecule has 0 aliphatic heterocycles. The van der Waals surface area contributed by atoms with Crippen molar-refractivity contribution in [2.24, 2.45) is 0 Å². The predicted octanol–water partition coefficient (Wildman–Crippen LogP) is 10.4. The number of unbranched alkanes of at least 4 members (excludes halogenated alkanes) is 8. The number of carbonyl (C=O) groups excluding carboxylic acids is 1. The van der Waals surface area contributed by atoms with E-state index in [0.717, 1.165) is 30.4 Å². The third-order valence-corrected chi connectivity index (χ3v) is 8.18. The first-order valence-electron chi connectivity index (χ1n) is 17.3. The van der Waals surface area contributed by atoms with Crippen LogP contribution in [0.2, 0.25) is 0 Å². The molecule has 254 valence electrons. The standard InChI is InChI=1S/C42H50O6/c1-3-4-5-6-7-8-9-10-17-22-42(44)48-40-30-37(46-31-33-18-13-11-14-19-33)25-23-35(40)24-28-39(43)38-27-26-36(45-2)29-41(38)47-32-34-20-15-12-16-21-34/h11-16,18-21,23-30,39,43H,3-10,17,22,31-32H2,1-2H3. The fourth-order valence-electron chi connectivity index (χ4n) is 5.37. The Morgan fingerprint density at radius 3 is 1.92 bits per heavy atom. The van der Waals surface area contributed by atoms with E-state index in [0.29, 0.717) is 53.8 Å². The number of esters is 1. The molecule has 4 aromatic carbocycles. The molecule has 0 radical (unpaired) electrons. The number of methoxy groups -OCH3 is 1. The Bertz CT molecular complexity index is 1530. The van der Waals surface area contributed by atoms with Crippen LogP contribution < -0.4 is 18.9 Å². The summed E-state index contributed by atoms with van der Waals surface area (Å²) in [6.07, 6.45) is 13.4. The second kappa shape index (κ2) is 20.6. The average molecular weight is 651 g/mol. The van der Waals surface area contributed by atoms with Crippen LogP contribution in [0.1, 0.15) is 99.5 Å².